The molecule has 0 aromatic carbocycles. The Morgan fingerprint density at radius 1 is 1.41 bits per heavy atom. The van der Waals surface area contributed by atoms with E-state index in [-0.39, 0.29) is 11.6 Å². The van der Waals surface area contributed by atoms with E-state index in [1.807, 2.05) is 20.8 Å². The molecular weight excluding hydrogens is 282 g/mol. The van der Waals surface area contributed by atoms with Crippen molar-refractivity contribution in [2.45, 2.75) is 64.5 Å². The first-order valence-electron chi connectivity index (χ1n) is 6.36. The van der Waals surface area contributed by atoms with Crippen LogP contribution in [0.4, 0.5) is 4.79 Å². The van der Waals surface area contributed by atoms with Gasteiger partial charge < -0.3 is 10.1 Å². The first kappa shape index (κ1) is 14.8. The fourth-order valence-electron chi connectivity index (χ4n) is 2.40. The summed E-state index contributed by atoms with van der Waals surface area (Å²) in [5, 5.41) is 4.01. The average Bonchev–Trinajstić information content (AvgIpc) is 2.63. The molecule has 1 aliphatic carbocycles. The first-order valence-corrected chi connectivity index (χ1v) is 7.48. The molecule has 0 spiro atoms. The second kappa shape index (κ2) is 5.59. The average molecular weight is 306 g/mol. The van der Waals surface area contributed by atoms with Gasteiger partial charge in [0.1, 0.15) is 5.60 Å². The van der Waals surface area contributed by atoms with Gasteiger partial charge in [0.05, 0.1) is 0 Å². The van der Waals surface area contributed by atoms with E-state index in [1.165, 1.54) is 12.8 Å². The third-order valence-corrected chi connectivity index (χ3v) is 4.39. The third-order valence-electron chi connectivity index (χ3n) is 3.42. The van der Waals surface area contributed by atoms with E-state index in [0.29, 0.717) is 5.92 Å². The zero-order valence-corrected chi connectivity index (χ0v) is 12.9. The summed E-state index contributed by atoms with van der Waals surface area (Å²) < 4.78 is 5.35. The number of alkyl carbamates (subject to hydrolysis) is 1. The highest BCUT2D eigenvalue weighted by Gasteiger charge is 2.40. The van der Waals surface area contributed by atoms with Crippen molar-refractivity contribution < 1.29 is 9.53 Å². The van der Waals surface area contributed by atoms with Crippen LogP contribution in [0, 0.1) is 5.92 Å². The number of rotatable bonds is 3. The Morgan fingerprint density at radius 3 is 2.35 bits per heavy atom. The number of hydrogen-bond acceptors (Lipinski definition) is 2. The lowest BCUT2D eigenvalue weighted by Crippen LogP contribution is -2.52. The van der Waals surface area contributed by atoms with E-state index < -0.39 is 5.60 Å². The van der Waals surface area contributed by atoms with Gasteiger partial charge in [0.15, 0.2) is 0 Å². The number of halogens is 1. The Hall–Kier alpha value is -0.250. The highest BCUT2D eigenvalue weighted by atomic mass is 79.9. The van der Waals surface area contributed by atoms with Crippen molar-refractivity contribution in [3.05, 3.63) is 0 Å². The van der Waals surface area contributed by atoms with Gasteiger partial charge in [-0.2, -0.15) is 0 Å². The Morgan fingerprint density at radius 2 is 1.94 bits per heavy atom. The molecule has 1 saturated carbocycles. The molecule has 0 heterocycles. The van der Waals surface area contributed by atoms with Crippen molar-refractivity contribution in [3.8, 4) is 0 Å². The maximum atomic E-state index is 11.9. The minimum Gasteiger partial charge on any atom is -0.444 e. The van der Waals surface area contributed by atoms with Crippen LogP contribution in [0.2, 0.25) is 0 Å². The molecule has 1 aliphatic rings. The number of carbonyl (C=O) groups is 1. The van der Waals surface area contributed by atoms with Crippen molar-refractivity contribution in [1.82, 2.24) is 5.32 Å². The summed E-state index contributed by atoms with van der Waals surface area (Å²) in [6.45, 7) is 7.85. The maximum absolute atomic E-state index is 11.9. The van der Waals surface area contributed by atoms with Crippen LogP contribution in [0.5, 0.6) is 0 Å². The van der Waals surface area contributed by atoms with Gasteiger partial charge in [0.25, 0.3) is 0 Å². The van der Waals surface area contributed by atoms with Crippen LogP contribution < -0.4 is 5.32 Å². The lowest BCUT2D eigenvalue weighted by Gasteiger charge is -2.36. The SMILES string of the molecule is CC(CBr)C1(NC(=O)OC(C)(C)C)CCCC1. The highest BCUT2D eigenvalue weighted by Crippen LogP contribution is 2.37. The highest BCUT2D eigenvalue weighted by molar-refractivity contribution is 9.09. The van der Waals surface area contributed by atoms with Crippen LogP contribution in [-0.2, 0) is 4.74 Å². The fourth-order valence-corrected chi connectivity index (χ4v) is 3.02. The van der Waals surface area contributed by atoms with Crippen LogP contribution >= 0.6 is 15.9 Å². The van der Waals surface area contributed by atoms with Gasteiger partial charge in [-0.25, -0.2) is 4.79 Å². The van der Waals surface area contributed by atoms with Gasteiger partial charge in [-0.15, -0.1) is 0 Å². The van der Waals surface area contributed by atoms with Crippen LogP contribution in [0.1, 0.15) is 53.4 Å². The fraction of sp³-hybridized carbons (Fsp3) is 0.923. The number of hydrogen-bond donors (Lipinski definition) is 1. The van der Waals surface area contributed by atoms with E-state index in [2.05, 4.69) is 28.2 Å². The molecule has 0 aromatic rings. The molecule has 0 radical (unpaired) electrons. The van der Waals surface area contributed by atoms with Crippen LogP contribution in [0.3, 0.4) is 0 Å². The Labute approximate surface area is 113 Å². The molecule has 0 saturated heterocycles. The van der Waals surface area contributed by atoms with Crippen LogP contribution in [-0.4, -0.2) is 22.6 Å². The zero-order valence-electron chi connectivity index (χ0n) is 11.3. The predicted molar refractivity (Wildman–Crippen MR) is 73.5 cm³/mol. The topological polar surface area (TPSA) is 38.3 Å². The van der Waals surface area contributed by atoms with Crippen LogP contribution in [0.25, 0.3) is 0 Å². The van der Waals surface area contributed by atoms with E-state index in [1.54, 1.807) is 0 Å². The number of nitrogens with one attached hydrogen (secondary N) is 1. The minimum atomic E-state index is -0.429. The molecule has 1 unspecified atom stereocenters. The van der Waals surface area contributed by atoms with Crippen molar-refractivity contribution >= 4 is 22.0 Å². The molecule has 1 atom stereocenters. The molecular formula is C13H24BrNO2. The van der Waals surface area contributed by atoms with Gasteiger partial charge in [0, 0.05) is 10.9 Å². The smallest absolute Gasteiger partial charge is 0.408 e. The van der Waals surface area contributed by atoms with Gasteiger partial charge in [-0.3, -0.25) is 0 Å². The first-order chi connectivity index (χ1) is 7.79. The molecule has 1 rings (SSSR count). The summed E-state index contributed by atoms with van der Waals surface area (Å²) in [5.41, 5.74) is -0.507. The lowest BCUT2D eigenvalue weighted by molar-refractivity contribution is 0.0424. The zero-order chi connectivity index (χ0) is 13.1. The van der Waals surface area contributed by atoms with Crippen molar-refractivity contribution in [2.75, 3.05) is 5.33 Å². The molecule has 0 aliphatic heterocycles. The summed E-state index contributed by atoms with van der Waals surface area (Å²) >= 11 is 3.52. The number of amides is 1. The third kappa shape index (κ3) is 4.16. The van der Waals surface area contributed by atoms with Gasteiger partial charge in [-0.05, 0) is 39.5 Å². The Balaban J connectivity index is 2.65. The van der Waals surface area contributed by atoms with Crippen molar-refractivity contribution in [2.24, 2.45) is 5.92 Å². The molecule has 17 heavy (non-hydrogen) atoms. The lowest BCUT2D eigenvalue weighted by atomic mass is 9.85. The molecule has 1 N–H and O–H groups in total. The van der Waals surface area contributed by atoms with Gasteiger partial charge >= 0.3 is 6.09 Å². The maximum Gasteiger partial charge on any atom is 0.408 e. The molecule has 1 amide bonds. The van der Waals surface area contributed by atoms with Crippen molar-refractivity contribution in [3.63, 3.8) is 0 Å². The monoisotopic (exact) mass is 305 g/mol. The quantitative estimate of drug-likeness (QED) is 0.804. The van der Waals surface area contributed by atoms with Gasteiger partial charge in [0.2, 0.25) is 0 Å². The standard InChI is InChI=1S/C13H24BrNO2/c1-10(9-14)13(7-5-6-8-13)15-11(16)17-12(2,3)4/h10H,5-9H2,1-4H3,(H,15,16). The summed E-state index contributed by atoms with van der Waals surface area (Å²) in [6.07, 6.45) is 4.20. The van der Waals surface area contributed by atoms with E-state index in [9.17, 15) is 4.79 Å². The molecule has 0 bridgehead atoms. The van der Waals surface area contributed by atoms with E-state index in [4.69, 9.17) is 4.74 Å². The predicted octanol–water partition coefficient (Wildman–Crippen LogP) is 3.85. The van der Waals surface area contributed by atoms with Crippen LogP contribution in [0.15, 0.2) is 0 Å². The number of ether oxygens (including phenoxy) is 1. The summed E-state index contributed by atoms with van der Waals surface area (Å²) in [7, 11) is 0. The molecule has 4 heteroatoms. The largest absolute Gasteiger partial charge is 0.444 e. The number of alkyl halides is 1. The molecule has 0 aromatic heterocycles. The van der Waals surface area contributed by atoms with Gasteiger partial charge in [-0.1, -0.05) is 35.7 Å². The molecule has 1 fully saturated rings. The molecule has 100 valence electrons. The van der Waals surface area contributed by atoms with E-state index >= 15 is 0 Å². The summed E-state index contributed by atoms with van der Waals surface area (Å²) in [5.74, 6) is 0.428. The molecule has 3 nitrogen and oxygen atoms in total. The van der Waals surface area contributed by atoms with Crippen molar-refractivity contribution in [1.29, 1.82) is 0 Å². The van der Waals surface area contributed by atoms with E-state index in [0.717, 1.165) is 18.2 Å². The second-order valence-electron chi connectivity index (χ2n) is 6.05. The summed E-state index contributed by atoms with van der Waals surface area (Å²) in [6, 6.07) is 0. The second-order valence-corrected chi connectivity index (χ2v) is 6.69. The summed E-state index contributed by atoms with van der Waals surface area (Å²) in [4.78, 5) is 11.9. The Kier molecular flexibility index (Phi) is 4.87. The number of carbonyl (C=O) groups excluding carboxylic acids is 1. The normalized spacial score (nSPS) is 21.0. The Bertz CT molecular complexity index is 267. The minimum absolute atomic E-state index is 0.0775.